The van der Waals surface area contributed by atoms with Crippen molar-refractivity contribution < 1.29 is 0 Å². The van der Waals surface area contributed by atoms with Crippen LogP contribution in [0.25, 0.3) is 33.4 Å². The fourth-order valence-electron chi connectivity index (χ4n) is 3.11. The molecule has 4 aromatic carbocycles. The molecular formula is C25H20. The molecule has 0 aliphatic rings. The monoisotopic (exact) mass is 320 g/mol. The summed E-state index contributed by atoms with van der Waals surface area (Å²) in [6.07, 6.45) is 0. The van der Waals surface area contributed by atoms with Gasteiger partial charge in [-0.25, -0.2) is 0 Å². The van der Waals surface area contributed by atoms with Crippen LogP contribution in [-0.4, -0.2) is 0 Å². The molecule has 0 unspecified atom stereocenters. The van der Waals surface area contributed by atoms with Gasteiger partial charge >= 0.3 is 0 Å². The van der Waals surface area contributed by atoms with Crippen molar-refractivity contribution in [3.8, 4) is 33.4 Å². The number of benzene rings is 4. The van der Waals surface area contributed by atoms with E-state index < -0.39 is 0 Å². The molecule has 0 aliphatic carbocycles. The van der Waals surface area contributed by atoms with Crippen LogP contribution in [-0.2, 0) is 0 Å². The van der Waals surface area contributed by atoms with Crippen LogP contribution < -0.4 is 0 Å². The SMILES string of the molecule is Cc1ccc(-c2cccc(-c3ccc(-c4ccccc4)cc3)c2)cc1. The van der Waals surface area contributed by atoms with Crippen LogP contribution in [0.4, 0.5) is 0 Å². The van der Waals surface area contributed by atoms with E-state index in [4.69, 9.17) is 0 Å². The Labute approximate surface area is 149 Å². The highest BCUT2D eigenvalue weighted by Crippen LogP contribution is 2.28. The van der Waals surface area contributed by atoms with Crippen LogP contribution >= 0.6 is 0 Å². The normalized spacial score (nSPS) is 10.6. The van der Waals surface area contributed by atoms with E-state index in [0.29, 0.717) is 0 Å². The third-order valence-electron chi connectivity index (χ3n) is 4.57. The lowest BCUT2D eigenvalue weighted by Gasteiger charge is -2.08. The van der Waals surface area contributed by atoms with Gasteiger partial charge in [0, 0.05) is 0 Å². The second kappa shape index (κ2) is 6.78. The van der Waals surface area contributed by atoms with Gasteiger partial charge in [-0.1, -0.05) is 103 Å². The average molecular weight is 320 g/mol. The standard InChI is InChI=1S/C25H20/c1-19-10-12-22(13-11-19)24-8-5-9-25(18-24)23-16-14-21(15-17-23)20-6-3-2-4-7-20/h2-18H,1H3. The van der Waals surface area contributed by atoms with E-state index >= 15 is 0 Å². The molecule has 0 nitrogen and oxygen atoms in total. The molecule has 4 rings (SSSR count). The summed E-state index contributed by atoms with van der Waals surface area (Å²) in [7, 11) is 0. The van der Waals surface area contributed by atoms with Crippen LogP contribution in [0.2, 0.25) is 0 Å². The molecule has 0 fully saturated rings. The Balaban J connectivity index is 1.66. The molecule has 25 heavy (non-hydrogen) atoms. The molecule has 0 heterocycles. The maximum atomic E-state index is 2.27. The zero-order valence-corrected chi connectivity index (χ0v) is 14.3. The molecule has 4 aromatic rings. The highest BCUT2D eigenvalue weighted by Gasteiger charge is 2.03. The number of rotatable bonds is 3. The van der Waals surface area contributed by atoms with Gasteiger partial charge < -0.3 is 0 Å². The Hall–Kier alpha value is -3.12. The topological polar surface area (TPSA) is 0 Å². The molecule has 0 radical (unpaired) electrons. The first kappa shape index (κ1) is 15.4. The maximum absolute atomic E-state index is 2.27. The van der Waals surface area contributed by atoms with Crippen LogP contribution in [0, 0.1) is 6.92 Å². The Kier molecular flexibility index (Phi) is 4.18. The number of hydrogen-bond acceptors (Lipinski definition) is 0. The van der Waals surface area contributed by atoms with Gasteiger partial charge in [0.1, 0.15) is 0 Å². The maximum Gasteiger partial charge on any atom is -0.0178 e. The minimum atomic E-state index is 1.24. The van der Waals surface area contributed by atoms with Gasteiger partial charge in [0.25, 0.3) is 0 Å². The average Bonchev–Trinajstić information content (AvgIpc) is 2.69. The summed E-state index contributed by atoms with van der Waals surface area (Å²) in [5.41, 5.74) is 8.79. The number of hydrogen-bond donors (Lipinski definition) is 0. The summed E-state index contributed by atoms with van der Waals surface area (Å²) < 4.78 is 0. The summed E-state index contributed by atoms with van der Waals surface area (Å²) in [6, 6.07) is 36.8. The molecule has 0 atom stereocenters. The van der Waals surface area contributed by atoms with E-state index in [9.17, 15) is 0 Å². The number of aryl methyl sites for hydroxylation is 1. The molecule has 0 aromatic heterocycles. The molecule has 0 saturated heterocycles. The van der Waals surface area contributed by atoms with Crippen molar-refractivity contribution in [1.29, 1.82) is 0 Å². The molecular weight excluding hydrogens is 300 g/mol. The Morgan fingerprint density at radius 3 is 1.32 bits per heavy atom. The Morgan fingerprint density at radius 2 is 0.760 bits per heavy atom. The van der Waals surface area contributed by atoms with Crippen LogP contribution in [0.15, 0.2) is 103 Å². The van der Waals surface area contributed by atoms with Gasteiger partial charge in [-0.2, -0.15) is 0 Å². The van der Waals surface area contributed by atoms with E-state index in [-0.39, 0.29) is 0 Å². The van der Waals surface area contributed by atoms with Gasteiger partial charge in [-0.3, -0.25) is 0 Å². The zero-order chi connectivity index (χ0) is 17.1. The first-order chi connectivity index (χ1) is 12.3. The fourth-order valence-corrected chi connectivity index (χ4v) is 3.11. The van der Waals surface area contributed by atoms with Gasteiger partial charge in [-0.05, 0) is 46.4 Å². The van der Waals surface area contributed by atoms with Crippen molar-refractivity contribution in [2.75, 3.05) is 0 Å². The predicted octanol–water partition coefficient (Wildman–Crippen LogP) is 7.00. The van der Waals surface area contributed by atoms with Crippen molar-refractivity contribution in [2.45, 2.75) is 6.92 Å². The van der Waals surface area contributed by atoms with E-state index in [0.717, 1.165) is 0 Å². The van der Waals surface area contributed by atoms with E-state index in [1.807, 2.05) is 0 Å². The third-order valence-corrected chi connectivity index (χ3v) is 4.57. The van der Waals surface area contributed by atoms with Crippen LogP contribution in [0.3, 0.4) is 0 Å². The summed E-state index contributed by atoms with van der Waals surface area (Å²) in [6.45, 7) is 2.12. The van der Waals surface area contributed by atoms with Crippen molar-refractivity contribution in [3.05, 3.63) is 109 Å². The zero-order valence-electron chi connectivity index (χ0n) is 14.3. The molecule has 0 spiro atoms. The van der Waals surface area contributed by atoms with Crippen LogP contribution in [0.5, 0.6) is 0 Å². The lowest BCUT2D eigenvalue weighted by molar-refractivity contribution is 1.47. The van der Waals surface area contributed by atoms with Crippen molar-refractivity contribution in [1.82, 2.24) is 0 Å². The molecule has 0 saturated carbocycles. The van der Waals surface area contributed by atoms with Crippen molar-refractivity contribution >= 4 is 0 Å². The fraction of sp³-hybridized carbons (Fsp3) is 0.0400. The van der Waals surface area contributed by atoms with Crippen molar-refractivity contribution in [2.24, 2.45) is 0 Å². The summed E-state index contributed by atoms with van der Waals surface area (Å²) in [4.78, 5) is 0. The third kappa shape index (κ3) is 3.39. The second-order valence-corrected chi connectivity index (χ2v) is 6.39. The summed E-state index contributed by atoms with van der Waals surface area (Å²) in [5, 5.41) is 0. The highest BCUT2D eigenvalue weighted by molar-refractivity contribution is 5.75. The Bertz CT molecular complexity index is 962. The largest absolute Gasteiger partial charge is 0.0622 e. The van der Waals surface area contributed by atoms with E-state index in [1.165, 1.54) is 38.9 Å². The van der Waals surface area contributed by atoms with Crippen molar-refractivity contribution in [3.63, 3.8) is 0 Å². The highest BCUT2D eigenvalue weighted by atomic mass is 14.1. The Morgan fingerprint density at radius 1 is 0.360 bits per heavy atom. The first-order valence-electron chi connectivity index (χ1n) is 8.62. The minimum absolute atomic E-state index is 1.24. The smallest absolute Gasteiger partial charge is 0.0178 e. The molecule has 0 heteroatoms. The molecule has 0 amide bonds. The predicted molar refractivity (Wildman–Crippen MR) is 107 cm³/mol. The van der Waals surface area contributed by atoms with Gasteiger partial charge in [-0.15, -0.1) is 0 Å². The van der Waals surface area contributed by atoms with Gasteiger partial charge in [0.15, 0.2) is 0 Å². The van der Waals surface area contributed by atoms with E-state index in [2.05, 4.69) is 110 Å². The first-order valence-corrected chi connectivity index (χ1v) is 8.62. The second-order valence-electron chi connectivity index (χ2n) is 6.39. The summed E-state index contributed by atoms with van der Waals surface area (Å²) >= 11 is 0. The molecule has 0 bridgehead atoms. The molecule has 0 aliphatic heterocycles. The quantitative estimate of drug-likeness (QED) is 0.381. The van der Waals surface area contributed by atoms with Gasteiger partial charge in [0.2, 0.25) is 0 Å². The van der Waals surface area contributed by atoms with E-state index in [1.54, 1.807) is 0 Å². The lowest BCUT2D eigenvalue weighted by atomic mass is 9.97. The molecule has 0 N–H and O–H groups in total. The van der Waals surface area contributed by atoms with Crippen LogP contribution in [0.1, 0.15) is 5.56 Å². The molecule has 120 valence electrons. The summed E-state index contributed by atoms with van der Waals surface area (Å²) in [5.74, 6) is 0. The van der Waals surface area contributed by atoms with Gasteiger partial charge in [0.05, 0.1) is 0 Å². The lowest BCUT2D eigenvalue weighted by Crippen LogP contribution is -1.83. The minimum Gasteiger partial charge on any atom is -0.0622 e.